The Balaban J connectivity index is 2.36. The number of hydrazine groups is 1. The van der Waals surface area contributed by atoms with Crippen LogP contribution in [0.3, 0.4) is 0 Å². The zero-order chi connectivity index (χ0) is 15.5. The van der Waals surface area contributed by atoms with E-state index in [-0.39, 0.29) is 0 Å². The molecule has 0 unspecified atom stereocenters. The van der Waals surface area contributed by atoms with Crippen LogP contribution >= 0.6 is 0 Å². The van der Waals surface area contributed by atoms with E-state index in [0.29, 0.717) is 11.4 Å². The molecule has 1 N–H and O–H groups in total. The van der Waals surface area contributed by atoms with E-state index < -0.39 is 12.1 Å². The average Bonchev–Trinajstić information content (AvgIpc) is 2.45. The van der Waals surface area contributed by atoms with Crippen molar-refractivity contribution in [3.05, 3.63) is 60.2 Å². The molecule has 0 bridgehead atoms. The summed E-state index contributed by atoms with van der Waals surface area (Å²) in [5.41, 5.74) is 3.71. The zero-order valence-electron chi connectivity index (χ0n) is 11.2. The summed E-state index contributed by atoms with van der Waals surface area (Å²) < 4.78 is 37.4. The Kier molecular flexibility index (Phi) is 4.16. The average molecular weight is 294 g/mol. The second kappa shape index (κ2) is 5.87. The fourth-order valence-electron chi connectivity index (χ4n) is 1.71. The lowest BCUT2D eigenvalue weighted by Crippen LogP contribution is -2.46. The van der Waals surface area contributed by atoms with Gasteiger partial charge in [0.2, 0.25) is 0 Å². The van der Waals surface area contributed by atoms with Gasteiger partial charge in [0.05, 0.1) is 11.4 Å². The monoisotopic (exact) mass is 294 g/mol. The maximum absolute atomic E-state index is 12.5. The van der Waals surface area contributed by atoms with E-state index >= 15 is 0 Å². The first-order chi connectivity index (χ1) is 9.88. The number of para-hydroxylation sites is 1. The number of nitrogens with one attached hydrogen (secondary N) is 1. The smallest absolute Gasteiger partial charge is 0.263 e. The molecule has 3 nitrogen and oxygen atoms in total. The summed E-state index contributed by atoms with van der Waals surface area (Å²) >= 11 is 0. The van der Waals surface area contributed by atoms with E-state index in [1.165, 1.54) is 0 Å². The number of amides is 1. The third-order valence-electron chi connectivity index (χ3n) is 2.78. The van der Waals surface area contributed by atoms with Gasteiger partial charge in [0.25, 0.3) is 0 Å². The van der Waals surface area contributed by atoms with Gasteiger partial charge in [-0.05, 0) is 31.2 Å². The molecule has 0 aromatic heterocycles. The number of nitrogens with zero attached hydrogens (tertiary/aromatic N) is 1. The predicted octanol–water partition coefficient (Wildman–Crippen LogP) is 3.73. The highest BCUT2D eigenvalue weighted by Gasteiger charge is 2.40. The molecule has 0 spiro atoms. The van der Waals surface area contributed by atoms with Crippen LogP contribution < -0.4 is 10.4 Å². The highest BCUT2D eigenvalue weighted by molar-refractivity contribution is 5.85. The molecule has 0 atom stereocenters. The van der Waals surface area contributed by atoms with Crippen molar-refractivity contribution in [1.82, 2.24) is 5.43 Å². The molecule has 1 amide bonds. The number of carbonyl (C=O) groups is 1. The van der Waals surface area contributed by atoms with Gasteiger partial charge in [0, 0.05) is 0 Å². The number of aryl methyl sites for hydroxylation is 1. The Labute approximate surface area is 120 Å². The second-order valence-electron chi connectivity index (χ2n) is 4.45. The van der Waals surface area contributed by atoms with Crippen LogP contribution in [0, 0.1) is 6.92 Å². The van der Waals surface area contributed by atoms with Crippen LogP contribution in [0.4, 0.5) is 24.5 Å². The highest BCUT2D eigenvalue weighted by atomic mass is 19.4. The molecule has 21 heavy (non-hydrogen) atoms. The van der Waals surface area contributed by atoms with Gasteiger partial charge in [0.1, 0.15) is 0 Å². The zero-order valence-corrected chi connectivity index (χ0v) is 11.2. The van der Waals surface area contributed by atoms with Gasteiger partial charge < -0.3 is 0 Å². The molecule has 0 aliphatic carbocycles. The molecule has 110 valence electrons. The van der Waals surface area contributed by atoms with Crippen molar-refractivity contribution >= 4 is 17.3 Å². The molecule has 2 aromatic carbocycles. The van der Waals surface area contributed by atoms with Crippen LogP contribution in [0.15, 0.2) is 54.6 Å². The van der Waals surface area contributed by atoms with Gasteiger partial charge in [-0.25, -0.2) is 0 Å². The van der Waals surface area contributed by atoms with Gasteiger partial charge in [-0.15, -0.1) is 0 Å². The largest absolute Gasteiger partial charge is 0.472 e. The third kappa shape index (κ3) is 3.75. The summed E-state index contributed by atoms with van der Waals surface area (Å²) in [4.78, 5) is 11.2. The number of anilines is 2. The Morgan fingerprint density at radius 2 is 1.48 bits per heavy atom. The van der Waals surface area contributed by atoms with Crippen molar-refractivity contribution in [3.8, 4) is 0 Å². The molecule has 0 heterocycles. The molecular weight excluding hydrogens is 281 g/mol. The minimum absolute atomic E-state index is 0.430. The Hall–Kier alpha value is -2.50. The van der Waals surface area contributed by atoms with Crippen LogP contribution in [-0.2, 0) is 4.79 Å². The van der Waals surface area contributed by atoms with Crippen molar-refractivity contribution in [1.29, 1.82) is 0 Å². The first-order valence-electron chi connectivity index (χ1n) is 6.17. The molecule has 2 aromatic rings. The van der Waals surface area contributed by atoms with Crippen LogP contribution in [0.5, 0.6) is 0 Å². The standard InChI is InChI=1S/C15H13F3N2O/c1-11-7-9-13(10-8-11)20(12-5-3-2-4-6-12)19-14(21)15(16,17)18/h2-10H,1H3,(H,19,21). The van der Waals surface area contributed by atoms with Crippen molar-refractivity contribution < 1.29 is 18.0 Å². The molecule has 0 aliphatic rings. The normalized spacial score (nSPS) is 11.0. The van der Waals surface area contributed by atoms with E-state index in [9.17, 15) is 18.0 Å². The van der Waals surface area contributed by atoms with E-state index in [1.54, 1.807) is 54.6 Å². The number of carbonyl (C=O) groups excluding carboxylic acids is 1. The Bertz CT molecular complexity index is 609. The Morgan fingerprint density at radius 3 is 2.00 bits per heavy atom. The number of alkyl halides is 3. The lowest BCUT2D eigenvalue weighted by Gasteiger charge is -2.26. The molecule has 0 radical (unpaired) electrons. The summed E-state index contributed by atoms with van der Waals surface area (Å²) in [5.74, 6) is -2.02. The maximum Gasteiger partial charge on any atom is 0.472 e. The lowest BCUT2D eigenvalue weighted by molar-refractivity contribution is -0.173. The van der Waals surface area contributed by atoms with Crippen molar-refractivity contribution in [3.63, 3.8) is 0 Å². The second-order valence-corrected chi connectivity index (χ2v) is 4.45. The van der Waals surface area contributed by atoms with E-state index in [2.05, 4.69) is 0 Å². The SMILES string of the molecule is Cc1ccc(N(NC(=O)C(F)(F)F)c2ccccc2)cc1. The lowest BCUT2D eigenvalue weighted by atomic mass is 10.2. The molecule has 6 heteroatoms. The quantitative estimate of drug-likeness (QED) is 0.875. The third-order valence-corrected chi connectivity index (χ3v) is 2.78. The number of hydrogen-bond donors (Lipinski definition) is 1. The predicted molar refractivity (Wildman–Crippen MR) is 74.0 cm³/mol. The topological polar surface area (TPSA) is 32.3 Å². The van der Waals surface area contributed by atoms with Gasteiger partial charge in [-0.3, -0.25) is 15.2 Å². The fraction of sp³-hybridized carbons (Fsp3) is 0.133. The molecular formula is C15H13F3N2O. The maximum atomic E-state index is 12.5. The molecule has 0 saturated heterocycles. The highest BCUT2D eigenvalue weighted by Crippen LogP contribution is 2.24. The van der Waals surface area contributed by atoms with Gasteiger partial charge in [0.15, 0.2) is 0 Å². The summed E-state index contributed by atoms with van der Waals surface area (Å²) in [6.45, 7) is 1.87. The Morgan fingerprint density at radius 1 is 0.952 bits per heavy atom. The summed E-state index contributed by atoms with van der Waals surface area (Å²) in [5, 5.41) is 1.11. The van der Waals surface area contributed by atoms with E-state index in [0.717, 1.165) is 10.6 Å². The van der Waals surface area contributed by atoms with Crippen molar-refractivity contribution in [2.45, 2.75) is 13.1 Å². The van der Waals surface area contributed by atoms with Gasteiger partial charge in [-0.1, -0.05) is 35.9 Å². The molecule has 2 rings (SSSR count). The first-order valence-corrected chi connectivity index (χ1v) is 6.17. The molecule has 0 fully saturated rings. The van der Waals surface area contributed by atoms with E-state index in [4.69, 9.17) is 0 Å². The van der Waals surface area contributed by atoms with Gasteiger partial charge >= 0.3 is 12.1 Å². The van der Waals surface area contributed by atoms with Crippen LogP contribution in [0.2, 0.25) is 0 Å². The van der Waals surface area contributed by atoms with Crippen LogP contribution in [0.25, 0.3) is 0 Å². The summed E-state index contributed by atoms with van der Waals surface area (Å²) in [6, 6.07) is 15.1. The molecule has 0 saturated carbocycles. The van der Waals surface area contributed by atoms with Crippen LogP contribution in [-0.4, -0.2) is 12.1 Å². The summed E-state index contributed by atoms with van der Waals surface area (Å²) in [7, 11) is 0. The fourth-order valence-corrected chi connectivity index (χ4v) is 1.71. The minimum atomic E-state index is -4.95. The number of benzene rings is 2. The summed E-state index contributed by atoms with van der Waals surface area (Å²) in [6.07, 6.45) is -4.95. The first kappa shape index (κ1) is 14.9. The number of halogens is 3. The van der Waals surface area contributed by atoms with Crippen molar-refractivity contribution in [2.24, 2.45) is 0 Å². The minimum Gasteiger partial charge on any atom is -0.263 e. The van der Waals surface area contributed by atoms with E-state index in [1.807, 2.05) is 12.3 Å². The van der Waals surface area contributed by atoms with Crippen molar-refractivity contribution in [2.75, 3.05) is 5.01 Å². The number of rotatable bonds is 3. The molecule has 0 aliphatic heterocycles. The van der Waals surface area contributed by atoms with Gasteiger partial charge in [-0.2, -0.15) is 13.2 Å². The van der Waals surface area contributed by atoms with Crippen LogP contribution in [0.1, 0.15) is 5.56 Å². The number of hydrogen-bond acceptors (Lipinski definition) is 2.